The van der Waals surface area contributed by atoms with Gasteiger partial charge in [0.2, 0.25) is 5.91 Å². The maximum atomic E-state index is 14.9. The van der Waals surface area contributed by atoms with Crippen molar-refractivity contribution in [1.29, 1.82) is 0 Å². The monoisotopic (exact) mass is 370 g/mol. The van der Waals surface area contributed by atoms with Gasteiger partial charge in [0.1, 0.15) is 11.6 Å². The molecule has 0 bridgehead atoms. The lowest BCUT2D eigenvalue weighted by molar-refractivity contribution is -0.113. The fourth-order valence-electron chi connectivity index (χ4n) is 2.11. The molecule has 2 aromatic rings. The minimum atomic E-state index is -2.00. The second-order valence-corrected chi connectivity index (χ2v) is 12.5. The van der Waals surface area contributed by atoms with Gasteiger partial charge in [0.25, 0.3) is 0 Å². The fourth-order valence-corrected chi connectivity index (χ4v) is 3.13. The van der Waals surface area contributed by atoms with E-state index in [4.69, 9.17) is 16.0 Å². The summed E-state index contributed by atoms with van der Waals surface area (Å²) in [5.41, 5.74) is 1.09. The molecular weight excluding hydrogens is 347 g/mol. The third kappa shape index (κ3) is 3.82. The summed E-state index contributed by atoms with van der Waals surface area (Å²) in [6.07, 6.45) is 1.71. The Morgan fingerprint density at radius 1 is 1.42 bits per heavy atom. The summed E-state index contributed by atoms with van der Waals surface area (Å²) in [6, 6.07) is 3.59. The van der Waals surface area contributed by atoms with E-state index in [-0.39, 0.29) is 23.2 Å². The lowest BCUT2D eigenvalue weighted by Crippen LogP contribution is -2.40. The molecule has 0 fully saturated rings. The number of aromatic nitrogens is 1. The second kappa shape index (κ2) is 6.86. The molecule has 1 heterocycles. The maximum Gasteiger partial charge on any atom is 0.239 e. The second-order valence-electron chi connectivity index (χ2n) is 7.40. The van der Waals surface area contributed by atoms with Gasteiger partial charge in [-0.15, -0.1) is 11.6 Å². The highest BCUT2D eigenvalue weighted by Crippen LogP contribution is 2.38. The normalized spacial score (nSPS) is 12.6. The molecule has 0 atom stereocenters. The van der Waals surface area contributed by atoms with Crippen molar-refractivity contribution in [2.45, 2.75) is 45.5 Å². The van der Waals surface area contributed by atoms with E-state index in [1.807, 2.05) is 6.07 Å². The van der Waals surface area contributed by atoms with Crippen molar-refractivity contribution in [3.8, 4) is 0 Å². The van der Waals surface area contributed by atoms with Gasteiger partial charge >= 0.3 is 0 Å². The molecule has 0 aliphatic heterocycles. The zero-order valence-electron chi connectivity index (χ0n) is 14.7. The molecule has 0 spiro atoms. The first-order valence-corrected chi connectivity index (χ1v) is 11.3. The molecule has 7 heteroatoms. The number of rotatable bonds is 5. The third-order valence-corrected chi connectivity index (χ3v) is 9.36. The van der Waals surface area contributed by atoms with E-state index in [0.717, 1.165) is 5.39 Å². The van der Waals surface area contributed by atoms with Gasteiger partial charge in [-0.1, -0.05) is 20.8 Å². The van der Waals surface area contributed by atoms with Crippen LogP contribution in [0.2, 0.25) is 18.1 Å². The van der Waals surface area contributed by atoms with Crippen LogP contribution in [-0.2, 0) is 15.8 Å². The summed E-state index contributed by atoms with van der Waals surface area (Å²) in [5, 5.41) is 3.39. The lowest BCUT2D eigenvalue weighted by atomic mass is 10.1. The quantitative estimate of drug-likeness (QED) is 0.574. The highest BCUT2D eigenvalue weighted by molar-refractivity contribution is 6.74. The first-order valence-electron chi connectivity index (χ1n) is 7.85. The Kier molecular flexibility index (Phi) is 5.42. The van der Waals surface area contributed by atoms with Crippen LogP contribution in [0.5, 0.6) is 0 Å². The molecule has 0 saturated carbocycles. The van der Waals surface area contributed by atoms with Gasteiger partial charge in [-0.3, -0.25) is 4.79 Å². The first kappa shape index (κ1) is 19.0. The number of H-pyrrole nitrogens is 1. The van der Waals surface area contributed by atoms with Crippen LogP contribution < -0.4 is 5.32 Å². The maximum absolute atomic E-state index is 14.9. The molecule has 0 saturated heterocycles. The Hall–Kier alpha value is -1.37. The molecule has 0 aliphatic rings. The number of fused-ring (bicyclic) bond motifs is 1. The molecule has 2 N–H and O–H groups in total. The minimum Gasteiger partial charge on any atom is -0.412 e. The summed E-state index contributed by atoms with van der Waals surface area (Å²) < 4.78 is 21.0. The van der Waals surface area contributed by atoms with Crippen LogP contribution in [0.1, 0.15) is 26.3 Å². The summed E-state index contributed by atoms with van der Waals surface area (Å²) in [7, 11) is -2.00. The molecule has 2 rings (SSSR count). The van der Waals surface area contributed by atoms with Crippen LogP contribution in [0.15, 0.2) is 18.3 Å². The molecular formula is C17H24ClFN2O2Si. The topological polar surface area (TPSA) is 54.1 Å². The van der Waals surface area contributed by atoms with E-state index in [9.17, 15) is 9.18 Å². The number of anilines is 1. The van der Waals surface area contributed by atoms with E-state index in [1.165, 1.54) is 0 Å². The fraction of sp³-hybridized carbons (Fsp3) is 0.471. The SMILES string of the molecule is CC(C)(C)[Si](C)(C)OCc1cc2cc[nH]c2c(NC(=O)CCl)c1F. The molecule has 1 amide bonds. The van der Waals surface area contributed by atoms with Gasteiger partial charge in [-0.2, -0.15) is 0 Å². The van der Waals surface area contributed by atoms with Crippen molar-refractivity contribution < 1.29 is 13.6 Å². The Morgan fingerprint density at radius 3 is 2.67 bits per heavy atom. The van der Waals surface area contributed by atoms with E-state index in [0.29, 0.717) is 11.1 Å². The largest absolute Gasteiger partial charge is 0.412 e. The molecule has 132 valence electrons. The predicted octanol–water partition coefficient (Wildman–Crippen LogP) is 5.01. The molecule has 0 radical (unpaired) electrons. The number of halogens is 2. The minimum absolute atomic E-state index is 0.0390. The van der Waals surface area contributed by atoms with Crippen molar-refractivity contribution >= 4 is 42.4 Å². The van der Waals surface area contributed by atoms with E-state index in [2.05, 4.69) is 44.2 Å². The number of hydrogen-bond donors (Lipinski definition) is 2. The van der Waals surface area contributed by atoms with Crippen molar-refractivity contribution in [3.63, 3.8) is 0 Å². The molecule has 4 nitrogen and oxygen atoms in total. The Morgan fingerprint density at radius 2 is 2.08 bits per heavy atom. The van der Waals surface area contributed by atoms with Gasteiger partial charge in [0.15, 0.2) is 14.1 Å². The summed E-state index contributed by atoms with van der Waals surface area (Å²) in [4.78, 5) is 14.6. The number of carbonyl (C=O) groups is 1. The van der Waals surface area contributed by atoms with Gasteiger partial charge in [-0.25, -0.2) is 4.39 Å². The average Bonchev–Trinajstić information content (AvgIpc) is 2.95. The third-order valence-electron chi connectivity index (χ3n) is 4.64. The number of nitrogens with one attached hydrogen (secondary N) is 2. The zero-order chi connectivity index (χ0) is 18.1. The van der Waals surface area contributed by atoms with Gasteiger partial charge in [-0.05, 0) is 30.3 Å². The first-order chi connectivity index (χ1) is 11.1. The Labute approximate surface area is 147 Å². The van der Waals surface area contributed by atoms with Gasteiger partial charge in [0.05, 0.1) is 12.1 Å². The number of carbonyl (C=O) groups excluding carboxylic acids is 1. The molecule has 1 aromatic carbocycles. The zero-order valence-corrected chi connectivity index (χ0v) is 16.5. The Balaban J connectivity index is 2.37. The van der Waals surface area contributed by atoms with Crippen molar-refractivity contribution in [3.05, 3.63) is 29.7 Å². The summed E-state index contributed by atoms with van der Waals surface area (Å²) in [6.45, 7) is 10.8. The Bertz CT molecular complexity index is 753. The average molecular weight is 371 g/mol. The smallest absolute Gasteiger partial charge is 0.239 e. The summed E-state index contributed by atoms with van der Waals surface area (Å²) >= 11 is 5.53. The predicted molar refractivity (Wildman–Crippen MR) is 99.6 cm³/mol. The number of amides is 1. The number of alkyl halides is 1. The number of aromatic amines is 1. The number of hydrogen-bond acceptors (Lipinski definition) is 2. The van der Waals surface area contributed by atoms with E-state index < -0.39 is 20.0 Å². The van der Waals surface area contributed by atoms with Crippen molar-refractivity contribution in [2.24, 2.45) is 0 Å². The summed E-state index contributed by atoms with van der Waals surface area (Å²) in [5.74, 6) is -1.16. The van der Waals surface area contributed by atoms with Crippen LogP contribution in [-0.4, -0.2) is 25.1 Å². The van der Waals surface area contributed by atoms with Gasteiger partial charge < -0.3 is 14.7 Å². The molecule has 0 unspecified atom stereocenters. The number of benzene rings is 1. The molecule has 1 aromatic heterocycles. The standard InChI is InChI=1S/C17H24ClFN2O2Si/c1-17(2,3)24(4,5)23-10-12-8-11-6-7-20-15(11)16(14(12)19)21-13(22)9-18/h6-8,20H,9-10H2,1-5H3,(H,21,22). The van der Waals surface area contributed by atoms with E-state index in [1.54, 1.807) is 12.3 Å². The van der Waals surface area contributed by atoms with E-state index >= 15 is 0 Å². The van der Waals surface area contributed by atoms with Crippen LogP contribution in [0, 0.1) is 5.82 Å². The molecule has 0 aliphatic carbocycles. The van der Waals surface area contributed by atoms with Crippen LogP contribution in [0.25, 0.3) is 10.9 Å². The highest BCUT2D eigenvalue weighted by atomic mass is 35.5. The van der Waals surface area contributed by atoms with Crippen LogP contribution in [0.4, 0.5) is 10.1 Å². The molecule has 24 heavy (non-hydrogen) atoms. The lowest BCUT2D eigenvalue weighted by Gasteiger charge is -2.36. The highest BCUT2D eigenvalue weighted by Gasteiger charge is 2.37. The van der Waals surface area contributed by atoms with Crippen molar-refractivity contribution in [2.75, 3.05) is 11.2 Å². The van der Waals surface area contributed by atoms with Crippen molar-refractivity contribution in [1.82, 2.24) is 4.98 Å². The van der Waals surface area contributed by atoms with Crippen LogP contribution >= 0.6 is 11.6 Å². The van der Waals surface area contributed by atoms with Gasteiger partial charge in [0, 0.05) is 17.1 Å². The van der Waals surface area contributed by atoms with Crippen LogP contribution in [0.3, 0.4) is 0 Å².